The molecule has 20 heavy (non-hydrogen) atoms. The van der Waals surface area contributed by atoms with Crippen LogP contribution in [0.3, 0.4) is 0 Å². The highest BCUT2D eigenvalue weighted by atomic mass is 16.3. The summed E-state index contributed by atoms with van der Waals surface area (Å²) in [4.78, 5) is 2.57. The van der Waals surface area contributed by atoms with E-state index in [9.17, 15) is 0 Å². The average Bonchev–Trinajstić information content (AvgIpc) is 2.45. The number of hydrogen-bond acceptors (Lipinski definition) is 4. The molecule has 0 bridgehead atoms. The monoisotopic (exact) mass is 288 g/mol. The normalized spacial score (nSPS) is 13.3. The van der Waals surface area contributed by atoms with Crippen LogP contribution in [0.2, 0.25) is 0 Å². The fraction of sp³-hybridized carbons (Fsp3) is 1.00. The second-order valence-electron chi connectivity index (χ2n) is 5.65. The maximum absolute atomic E-state index is 9.15. The van der Waals surface area contributed by atoms with Crippen LogP contribution < -0.4 is 5.32 Å². The molecule has 0 spiro atoms. The maximum Gasteiger partial charge on any atom is 0.0446 e. The van der Waals surface area contributed by atoms with Crippen molar-refractivity contribution in [3.8, 4) is 0 Å². The Balaban J connectivity index is 4.55. The molecule has 0 saturated heterocycles. The van der Waals surface area contributed by atoms with Crippen molar-refractivity contribution < 1.29 is 10.2 Å². The third-order valence-electron chi connectivity index (χ3n) is 3.95. The van der Waals surface area contributed by atoms with Crippen molar-refractivity contribution in [2.24, 2.45) is 0 Å². The summed E-state index contributed by atoms with van der Waals surface area (Å²) >= 11 is 0. The number of hydrogen-bond donors (Lipinski definition) is 3. The molecular formula is C16H36N2O2. The summed E-state index contributed by atoms with van der Waals surface area (Å²) in [5.41, 5.74) is 0. The van der Waals surface area contributed by atoms with Crippen LogP contribution in [-0.2, 0) is 0 Å². The van der Waals surface area contributed by atoms with E-state index in [-0.39, 0.29) is 13.2 Å². The smallest absolute Gasteiger partial charge is 0.0446 e. The van der Waals surface area contributed by atoms with E-state index < -0.39 is 0 Å². The van der Waals surface area contributed by atoms with Crippen LogP contribution in [0.15, 0.2) is 0 Å². The van der Waals surface area contributed by atoms with Gasteiger partial charge in [-0.2, -0.15) is 0 Å². The van der Waals surface area contributed by atoms with Crippen molar-refractivity contribution >= 4 is 0 Å². The van der Waals surface area contributed by atoms with Gasteiger partial charge in [0.25, 0.3) is 0 Å². The standard InChI is InChI=1S/C16H36N2O2/c1-4-8-16(9-5-2)18(11-6-7-12-19)14-15(17-3)10-13-20/h15-17,19-20H,4-14H2,1-3H3. The summed E-state index contributed by atoms with van der Waals surface area (Å²) in [6.45, 7) is 7.06. The van der Waals surface area contributed by atoms with Gasteiger partial charge in [0.15, 0.2) is 0 Å². The molecule has 0 fully saturated rings. The number of likely N-dealkylation sites (N-methyl/N-ethyl adjacent to an activating group) is 1. The van der Waals surface area contributed by atoms with Crippen LogP contribution in [0.4, 0.5) is 0 Å². The van der Waals surface area contributed by atoms with E-state index in [1.54, 1.807) is 0 Å². The molecule has 4 heteroatoms. The minimum absolute atomic E-state index is 0.238. The summed E-state index contributed by atoms with van der Waals surface area (Å²) in [7, 11) is 1.97. The first-order valence-electron chi connectivity index (χ1n) is 8.36. The molecule has 0 aliphatic heterocycles. The molecule has 4 nitrogen and oxygen atoms in total. The summed E-state index contributed by atoms with van der Waals surface area (Å²) < 4.78 is 0. The van der Waals surface area contributed by atoms with Gasteiger partial charge in [0.2, 0.25) is 0 Å². The molecule has 0 heterocycles. The Bertz CT molecular complexity index is 197. The van der Waals surface area contributed by atoms with Gasteiger partial charge in [-0.1, -0.05) is 26.7 Å². The van der Waals surface area contributed by atoms with Crippen molar-refractivity contribution in [3.63, 3.8) is 0 Å². The second kappa shape index (κ2) is 13.8. The largest absolute Gasteiger partial charge is 0.396 e. The Morgan fingerprint density at radius 3 is 2.05 bits per heavy atom. The fourth-order valence-electron chi connectivity index (χ4n) is 2.79. The highest BCUT2D eigenvalue weighted by Gasteiger charge is 2.19. The van der Waals surface area contributed by atoms with Crippen LogP contribution in [0.25, 0.3) is 0 Å². The molecule has 0 amide bonds. The molecule has 0 rings (SSSR count). The van der Waals surface area contributed by atoms with E-state index in [0.717, 1.165) is 32.4 Å². The molecule has 1 unspecified atom stereocenters. The van der Waals surface area contributed by atoms with Crippen molar-refractivity contribution in [3.05, 3.63) is 0 Å². The average molecular weight is 288 g/mol. The second-order valence-corrected chi connectivity index (χ2v) is 5.65. The van der Waals surface area contributed by atoms with Gasteiger partial charge < -0.3 is 15.5 Å². The lowest BCUT2D eigenvalue weighted by atomic mass is 10.0. The Kier molecular flexibility index (Phi) is 13.7. The van der Waals surface area contributed by atoms with Gasteiger partial charge in [-0.05, 0) is 45.7 Å². The molecule has 0 aliphatic carbocycles. The van der Waals surface area contributed by atoms with Gasteiger partial charge in [-0.15, -0.1) is 0 Å². The van der Waals surface area contributed by atoms with Gasteiger partial charge in [-0.25, -0.2) is 0 Å². The van der Waals surface area contributed by atoms with E-state index in [4.69, 9.17) is 10.2 Å². The van der Waals surface area contributed by atoms with Gasteiger partial charge in [0.05, 0.1) is 0 Å². The summed E-state index contributed by atoms with van der Waals surface area (Å²) in [6, 6.07) is 0.989. The lowest BCUT2D eigenvalue weighted by Crippen LogP contribution is -2.45. The highest BCUT2D eigenvalue weighted by molar-refractivity contribution is 4.77. The first-order valence-corrected chi connectivity index (χ1v) is 8.36. The maximum atomic E-state index is 9.15. The van der Waals surface area contributed by atoms with Crippen molar-refractivity contribution in [2.75, 3.05) is 33.4 Å². The molecular weight excluding hydrogens is 252 g/mol. The van der Waals surface area contributed by atoms with Crippen LogP contribution >= 0.6 is 0 Å². The minimum Gasteiger partial charge on any atom is -0.396 e. The predicted octanol–water partition coefficient (Wildman–Crippen LogP) is 2.00. The van der Waals surface area contributed by atoms with Crippen molar-refractivity contribution in [1.29, 1.82) is 0 Å². The zero-order chi connectivity index (χ0) is 15.2. The van der Waals surface area contributed by atoms with Gasteiger partial charge in [0, 0.05) is 31.8 Å². The van der Waals surface area contributed by atoms with Crippen molar-refractivity contribution in [1.82, 2.24) is 10.2 Å². The Hall–Kier alpha value is -0.160. The van der Waals surface area contributed by atoms with E-state index in [1.165, 1.54) is 25.7 Å². The lowest BCUT2D eigenvalue weighted by Gasteiger charge is -2.34. The van der Waals surface area contributed by atoms with Crippen LogP contribution in [0.1, 0.15) is 58.8 Å². The quantitative estimate of drug-likeness (QED) is 0.428. The molecule has 0 radical (unpaired) electrons. The SMILES string of the molecule is CCCC(CCC)N(CCCCO)CC(CCO)NC. The molecule has 0 aliphatic rings. The lowest BCUT2D eigenvalue weighted by molar-refractivity contribution is 0.142. The zero-order valence-electron chi connectivity index (χ0n) is 13.8. The molecule has 0 aromatic rings. The third kappa shape index (κ3) is 8.90. The molecule has 0 saturated carbocycles. The minimum atomic E-state index is 0.238. The van der Waals surface area contributed by atoms with Crippen LogP contribution in [0, 0.1) is 0 Å². The molecule has 122 valence electrons. The Morgan fingerprint density at radius 1 is 0.950 bits per heavy atom. The van der Waals surface area contributed by atoms with Gasteiger partial charge in [-0.3, -0.25) is 4.90 Å². The summed E-state index contributed by atoms with van der Waals surface area (Å²) in [5.74, 6) is 0. The fourth-order valence-corrected chi connectivity index (χ4v) is 2.79. The molecule has 1 atom stereocenters. The number of rotatable bonds is 14. The van der Waals surface area contributed by atoms with Crippen molar-refractivity contribution in [2.45, 2.75) is 70.9 Å². The van der Waals surface area contributed by atoms with Crippen LogP contribution in [0.5, 0.6) is 0 Å². The Labute approximate surface area is 125 Å². The summed E-state index contributed by atoms with van der Waals surface area (Å²) in [6.07, 6.45) is 7.64. The number of nitrogens with one attached hydrogen (secondary N) is 1. The predicted molar refractivity (Wildman–Crippen MR) is 86.0 cm³/mol. The highest BCUT2D eigenvalue weighted by Crippen LogP contribution is 2.15. The van der Waals surface area contributed by atoms with Crippen LogP contribution in [-0.4, -0.2) is 60.5 Å². The molecule has 0 aromatic heterocycles. The zero-order valence-corrected chi connectivity index (χ0v) is 13.8. The summed E-state index contributed by atoms with van der Waals surface area (Å²) in [5, 5.41) is 21.4. The van der Waals surface area contributed by atoms with E-state index in [2.05, 4.69) is 24.1 Å². The molecule has 0 aromatic carbocycles. The number of nitrogens with zero attached hydrogens (tertiary/aromatic N) is 1. The van der Waals surface area contributed by atoms with E-state index >= 15 is 0 Å². The van der Waals surface area contributed by atoms with Gasteiger partial charge >= 0.3 is 0 Å². The van der Waals surface area contributed by atoms with Gasteiger partial charge in [0.1, 0.15) is 0 Å². The first kappa shape index (κ1) is 19.8. The molecule has 3 N–H and O–H groups in total. The van der Waals surface area contributed by atoms with E-state index in [0.29, 0.717) is 12.1 Å². The number of unbranched alkanes of at least 4 members (excludes halogenated alkanes) is 1. The number of aliphatic hydroxyl groups excluding tert-OH is 2. The third-order valence-corrected chi connectivity index (χ3v) is 3.95. The first-order chi connectivity index (χ1) is 9.73. The number of aliphatic hydroxyl groups is 2. The van der Waals surface area contributed by atoms with E-state index in [1.807, 2.05) is 7.05 Å². The Morgan fingerprint density at radius 2 is 1.60 bits per heavy atom. The topological polar surface area (TPSA) is 55.7 Å².